The average Bonchev–Trinajstić information content (AvgIpc) is 2.48. The maximum absolute atomic E-state index is 12.3. The minimum atomic E-state index is -1.02. The molecule has 5 nitrogen and oxygen atoms in total. The summed E-state index contributed by atoms with van der Waals surface area (Å²) in [5, 5.41) is 11.8. The third-order valence-corrected chi connectivity index (χ3v) is 4.18. The Morgan fingerprint density at radius 1 is 1.45 bits per heavy atom. The van der Waals surface area contributed by atoms with Crippen molar-refractivity contribution in [2.24, 2.45) is 5.92 Å². The Kier molecular flexibility index (Phi) is 8.17. The predicted molar refractivity (Wildman–Crippen MR) is 85.6 cm³/mol. The van der Waals surface area contributed by atoms with Gasteiger partial charge in [0.05, 0.1) is 6.10 Å². The number of hydrogen-bond donors (Lipinski definition) is 2. The lowest BCUT2D eigenvalue weighted by Gasteiger charge is -2.30. The van der Waals surface area contributed by atoms with Crippen molar-refractivity contribution in [3.05, 3.63) is 12.7 Å². The van der Waals surface area contributed by atoms with Crippen molar-refractivity contribution >= 4 is 11.9 Å². The molecule has 0 bridgehead atoms. The van der Waals surface area contributed by atoms with E-state index in [1.807, 2.05) is 6.92 Å². The SMILES string of the molecule is C=CCCC(NC(=O)C(CC)OC1CCCC(C)C1)C(=O)O. The van der Waals surface area contributed by atoms with Crippen LogP contribution in [0.4, 0.5) is 0 Å². The average molecular weight is 311 g/mol. The quantitative estimate of drug-likeness (QED) is 0.642. The van der Waals surface area contributed by atoms with Crippen molar-refractivity contribution in [2.45, 2.75) is 77.0 Å². The Labute approximate surface area is 133 Å². The maximum atomic E-state index is 12.3. The molecule has 5 heteroatoms. The fourth-order valence-corrected chi connectivity index (χ4v) is 2.88. The number of rotatable bonds is 9. The van der Waals surface area contributed by atoms with E-state index in [9.17, 15) is 9.59 Å². The van der Waals surface area contributed by atoms with Gasteiger partial charge in [-0.05, 0) is 38.0 Å². The third-order valence-electron chi connectivity index (χ3n) is 4.18. The Hall–Kier alpha value is -1.36. The molecule has 0 radical (unpaired) electrons. The highest BCUT2D eigenvalue weighted by Crippen LogP contribution is 2.27. The molecule has 1 aliphatic carbocycles. The van der Waals surface area contributed by atoms with E-state index >= 15 is 0 Å². The zero-order valence-corrected chi connectivity index (χ0v) is 13.7. The second-order valence-corrected chi connectivity index (χ2v) is 6.19. The molecule has 4 unspecified atom stereocenters. The number of nitrogens with one attached hydrogen (secondary N) is 1. The van der Waals surface area contributed by atoms with Crippen molar-refractivity contribution in [1.82, 2.24) is 5.32 Å². The fourth-order valence-electron chi connectivity index (χ4n) is 2.88. The van der Waals surface area contributed by atoms with Crippen LogP contribution in [0, 0.1) is 5.92 Å². The summed E-state index contributed by atoms with van der Waals surface area (Å²) in [5.74, 6) is -0.716. The number of carbonyl (C=O) groups is 2. The molecule has 1 aliphatic rings. The van der Waals surface area contributed by atoms with Crippen molar-refractivity contribution in [1.29, 1.82) is 0 Å². The number of carboxylic acids is 1. The van der Waals surface area contributed by atoms with Crippen LogP contribution in [0.25, 0.3) is 0 Å². The smallest absolute Gasteiger partial charge is 0.326 e. The summed E-state index contributed by atoms with van der Waals surface area (Å²) in [4.78, 5) is 23.5. The fraction of sp³-hybridized carbons (Fsp3) is 0.765. The normalized spacial score (nSPS) is 24.3. The Morgan fingerprint density at radius 2 is 2.18 bits per heavy atom. The second kappa shape index (κ2) is 9.62. The van der Waals surface area contributed by atoms with Gasteiger partial charge in [0.25, 0.3) is 0 Å². The summed E-state index contributed by atoms with van der Waals surface area (Å²) >= 11 is 0. The molecular formula is C17H29NO4. The van der Waals surface area contributed by atoms with Gasteiger partial charge < -0.3 is 15.2 Å². The van der Waals surface area contributed by atoms with Gasteiger partial charge >= 0.3 is 5.97 Å². The van der Waals surface area contributed by atoms with E-state index in [-0.39, 0.29) is 12.0 Å². The Bertz CT molecular complexity index is 383. The summed E-state index contributed by atoms with van der Waals surface area (Å²) in [7, 11) is 0. The Morgan fingerprint density at radius 3 is 2.73 bits per heavy atom. The maximum Gasteiger partial charge on any atom is 0.326 e. The number of carbonyl (C=O) groups excluding carboxylic acids is 1. The zero-order valence-electron chi connectivity index (χ0n) is 13.7. The standard InChI is InChI=1S/C17H29NO4/c1-4-6-10-14(17(20)21)18-16(19)15(5-2)22-13-9-7-8-12(3)11-13/h4,12-15H,1,5-11H2,2-3H3,(H,18,19)(H,20,21). The summed E-state index contributed by atoms with van der Waals surface area (Å²) < 4.78 is 5.93. The summed E-state index contributed by atoms with van der Waals surface area (Å²) in [6, 6.07) is -0.881. The first-order valence-corrected chi connectivity index (χ1v) is 8.27. The van der Waals surface area contributed by atoms with Crippen LogP contribution in [0.15, 0.2) is 12.7 Å². The molecule has 0 aromatic heterocycles. The van der Waals surface area contributed by atoms with E-state index in [1.165, 1.54) is 6.42 Å². The minimum absolute atomic E-state index is 0.107. The largest absolute Gasteiger partial charge is 0.480 e. The molecule has 1 rings (SSSR count). The van der Waals surface area contributed by atoms with Gasteiger partial charge in [0, 0.05) is 0 Å². The predicted octanol–water partition coefficient (Wildman–Crippen LogP) is 2.90. The van der Waals surface area contributed by atoms with E-state index in [4.69, 9.17) is 9.84 Å². The number of hydrogen-bond acceptors (Lipinski definition) is 3. The van der Waals surface area contributed by atoms with Crippen LogP contribution in [0.3, 0.4) is 0 Å². The van der Waals surface area contributed by atoms with Crippen molar-refractivity contribution in [3.8, 4) is 0 Å². The first-order chi connectivity index (χ1) is 10.5. The summed E-state index contributed by atoms with van der Waals surface area (Å²) in [6.07, 6.45) is 6.93. The molecule has 2 N–H and O–H groups in total. The van der Waals surface area contributed by atoms with Crippen molar-refractivity contribution in [2.75, 3.05) is 0 Å². The van der Waals surface area contributed by atoms with Crippen LogP contribution in [0.2, 0.25) is 0 Å². The molecular weight excluding hydrogens is 282 g/mol. The highest BCUT2D eigenvalue weighted by molar-refractivity contribution is 5.86. The monoisotopic (exact) mass is 311 g/mol. The molecule has 0 aromatic rings. The van der Waals surface area contributed by atoms with Gasteiger partial charge in [-0.3, -0.25) is 4.79 Å². The van der Waals surface area contributed by atoms with Crippen LogP contribution in [-0.2, 0) is 14.3 Å². The highest BCUT2D eigenvalue weighted by atomic mass is 16.5. The van der Waals surface area contributed by atoms with E-state index in [2.05, 4.69) is 18.8 Å². The van der Waals surface area contributed by atoms with E-state index in [0.29, 0.717) is 25.2 Å². The molecule has 126 valence electrons. The Balaban J connectivity index is 2.54. The zero-order chi connectivity index (χ0) is 16.5. The molecule has 0 aromatic carbocycles. The molecule has 22 heavy (non-hydrogen) atoms. The van der Waals surface area contributed by atoms with Gasteiger partial charge in [0.15, 0.2) is 0 Å². The molecule has 0 aliphatic heterocycles. The molecule has 1 fully saturated rings. The van der Waals surface area contributed by atoms with Gasteiger partial charge in [0.2, 0.25) is 5.91 Å². The number of allylic oxidation sites excluding steroid dienone is 1. The molecule has 1 amide bonds. The van der Waals surface area contributed by atoms with Gasteiger partial charge in [-0.2, -0.15) is 0 Å². The van der Waals surface area contributed by atoms with Gasteiger partial charge in [-0.1, -0.05) is 32.8 Å². The van der Waals surface area contributed by atoms with Crippen molar-refractivity contribution in [3.63, 3.8) is 0 Å². The minimum Gasteiger partial charge on any atom is -0.480 e. The van der Waals surface area contributed by atoms with E-state index in [0.717, 1.165) is 19.3 Å². The number of amides is 1. The molecule has 0 saturated heterocycles. The molecule has 4 atom stereocenters. The lowest BCUT2D eigenvalue weighted by Crippen LogP contribution is -2.47. The van der Waals surface area contributed by atoms with Gasteiger partial charge in [0.1, 0.15) is 12.1 Å². The molecule has 0 spiro atoms. The van der Waals surface area contributed by atoms with E-state index < -0.39 is 18.1 Å². The lowest BCUT2D eigenvalue weighted by atomic mass is 9.88. The van der Waals surface area contributed by atoms with Crippen LogP contribution in [-0.4, -0.2) is 35.2 Å². The number of ether oxygens (including phenoxy) is 1. The van der Waals surface area contributed by atoms with Crippen LogP contribution < -0.4 is 5.32 Å². The first-order valence-electron chi connectivity index (χ1n) is 8.27. The second-order valence-electron chi connectivity index (χ2n) is 6.19. The lowest BCUT2D eigenvalue weighted by molar-refractivity contribution is -0.147. The molecule has 0 heterocycles. The first kappa shape index (κ1) is 18.7. The van der Waals surface area contributed by atoms with Gasteiger partial charge in [-0.25, -0.2) is 4.79 Å². The highest BCUT2D eigenvalue weighted by Gasteiger charge is 2.28. The molecule has 1 saturated carbocycles. The van der Waals surface area contributed by atoms with Gasteiger partial charge in [-0.15, -0.1) is 6.58 Å². The number of aliphatic carboxylic acids is 1. The third kappa shape index (κ3) is 6.18. The van der Waals surface area contributed by atoms with E-state index in [1.54, 1.807) is 6.08 Å². The van der Waals surface area contributed by atoms with Crippen LogP contribution in [0.5, 0.6) is 0 Å². The van der Waals surface area contributed by atoms with Crippen LogP contribution >= 0.6 is 0 Å². The summed E-state index contributed by atoms with van der Waals surface area (Å²) in [6.45, 7) is 7.66. The van der Waals surface area contributed by atoms with Crippen LogP contribution in [0.1, 0.15) is 58.8 Å². The van der Waals surface area contributed by atoms with Crippen molar-refractivity contribution < 1.29 is 19.4 Å². The summed E-state index contributed by atoms with van der Waals surface area (Å²) in [5.41, 5.74) is 0. The number of carboxylic acid groups (broad SMARTS) is 1. The topological polar surface area (TPSA) is 75.6 Å².